The van der Waals surface area contributed by atoms with Crippen LogP contribution in [0, 0.1) is 5.92 Å². The average molecular weight is 790 g/mol. The summed E-state index contributed by atoms with van der Waals surface area (Å²) in [6, 6.07) is 9.65. The molecule has 5 rings (SSSR count). The number of likely N-dealkylation sites (tertiary alicyclic amines) is 2. The molecule has 0 radical (unpaired) electrons. The van der Waals surface area contributed by atoms with Gasteiger partial charge in [-0.1, -0.05) is 31.5 Å². The van der Waals surface area contributed by atoms with Crippen LogP contribution in [0.2, 0.25) is 0 Å². The average Bonchev–Trinajstić information content (AvgIpc) is 3.57. The minimum Gasteiger partial charge on any atom is -0.507 e. The molecule has 2 unspecified atom stereocenters. The number of aromatic nitrogens is 1. The second-order valence-corrected chi connectivity index (χ2v) is 14.9. The summed E-state index contributed by atoms with van der Waals surface area (Å²) in [6.45, 7) is 2.77. The van der Waals surface area contributed by atoms with Crippen LogP contribution in [0.5, 0.6) is 5.75 Å². The summed E-state index contributed by atoms with van der Waals surface area (Å²) in [5.41, 5.74) is -2.13. The summed E-state index contributed by atoms with van der Waals surface area (Å²) < 4.78 is 76.1. The van der Waals surface area contributed by atoms with Crippen molar-refractivity contribution < 1.29 is 56.0 Å². The Labute approximate surface area is 311 Å². The van der Waals surface area contributed by atoms with Gasteiger partial charge in [0.05, 0.1) is 17.1 Å². The van der Waals surface area contributed by atoms with Crippen molar-refractivity contribution in [2.75, 3.05) is 25.4 Å². The van der Waals surface area contributed by atoms with Gasteiger partial charge in [0.15, 0.2) is 0 Å². The summed E-state index contributed by atoms with van der Waals surface area (Å²) in [5, 5.41) is 30.1. The molecule has 2 aliphatic rings. The number of aliphatic carboxylic acids is 1. The molecule has 2 fully saturated rings. The number of halogens is 6. The van der Waals surface area contributed by atoms with Gasteiger partial charge >= 0.3 is 18.3 Å². The SMILES string of the molecule is CCCC1C(C(=O)N2CCC(O)(c3ccccc3SCCCC(=O)O)CC2)CCCN1C(=O)c1ncccc1C(F)(F)F.Oc1csc(C(F)(F)F)c1. The number of thiophene rings is 1. The number of pyridine rings is 1. The van der Waals surface area contributed by atoms with Crippen LogP contribution in [0.1, 0.15) is 84.8 Å². The highest BCUT2D eigenvalue weighted by Gasteiger charge is 2.45. The first-order chi connectivity index (χ1) is 25.0. The van der Waals surface area contributed by atoms with Crippen LogP contribution in [0.3, 0.4) is 0 Å². The van der Waals surface area contributed by atoms with Gasteiger partial charge in [-0.2, -0.15) is 26.3 Å². The van der Waals surface area contributed by atoms with Crippen LogP contribution < -0.4 is 0 Å². The standard InChI is InChI=1S/C31H38F3N3O5S.C5H3F3OS/c1-2-8-24-21(9-6-17-37(24)29(41)27-23(31(32,33)34)11-5-16-35-27)28(40)36-18-14-30(42,15-19-36)22-10-3-4-12-25(22)43-20-7-13-26(38)39;6-5(7,8)4-1-3(9)2-10-4/h3-5,10-12,16,21,24,42H,2,6-9,13-15,17-20H2,1H3,(H,38,39);1-2,9H. The van der Waals surface area contributed by atoms with Crippen molar-refractivity contribution in [1.29, 1.82) is 0 Å². The summed E-state index contributed by atoms with van der Waals surface area (Å²) >= 11 is 1.98. The first-order valence-corrected chi connectivity index (χ1v) is 19.0. The predicted molar refractivity (Wildman–Crippen MR) is 186 cm³/mol. The first-order valence-electron chi connectivity index (χ1n) is 17.1. The number of alkyl halides is 6. The van der Waals surface area contributed by atoms with Gasteiger partial charge in [0.2, 0.25) is 5.91 Å². The molecule has 2 saturated heterocycles. The van der Waals surface area contributed by atoms with Crippen LogP contribution in [0.15, 0.2) is 58.9 Å². The number of piperidine rings is 2. The minimum absolute atomic E-state index is 0.0745. The summed E-state index contributed by atoms with van der Waals surface area (Å²) in [6.07, 6.45) is -4.56. The second kappa shape index (κ2) is 18.0. The van der Waals surface area contributed by atoms with E-state index in [4.69, 9.17) is 10.2 Å². The van der Waals surface area contributed by atoms with E-state index in [1.807, 2.05) is 31.2 Å². The quantitative estimate of drug-likeness (QED) is 0.107. The Morgan fingerprint density at radius 3 is 2.30 bits per heavy atom. The van der Waals surface area contributed by atoms with Crippen molar-refractivity contribution in [2.45, 2.75) is 87.2 Å². The molecule has 1 aromatic carbocycles. The van der Waals surface area contributed by atoms with Gasteiger partial charge in [0, 0.05) is 54.6 Å². The van der Waals surface area contributed by atoms with Gasteiger partial charge in [-0.05, 0) is 68.0 Å². The van der Waals surface area contributed by atoms with Crippen LogP contribution in [0.25, 0.3) is 0 Å². The van der Waals surface area contributed by atoms with Crippen LogP contribution in [-0.4, -0.2) is 79.3 Å². The minimum atomic E-state index is -4.73. The van der Waals surface area contributed by atoms with Crippen molar-refractivity contribution in [3.8, 4) is 5.75 Å². The van der Waals surface area contributed by atoms with Gasteiger partial charge in [0.1, 0.15) is 16.3 Å². The number of aromatic hydroxyl groups is 1. The Bertz CT molecular complexity index is 1710. The van der Waals surface area contributed by atoms with E-state index < -0.39 is 57.9 Å². The fourth-order valence-corrected chi connectivity index (χ4v) is 8.38. The predicted octanol–water partition coefficient (Wildman–Crippen LogP) is 8.06. The number of carboxylic acids is 1. The molecule has 3 N–H and O–H groups in total. The van der Waals surface area contributed by atoms with Crippen molar-refractivity contribution >= 4 is 40.9 Å². The number of carbonyl (C=O) groups is 3. The number of amides is 2. The maximum Gasteiger partial charge on any atom is 0.425 e. The highest BCUT2D eigenvalue weighted by molar-refractivity contribution is 7.99. The normalized spacial score (nSPS) is 18.9. The molecule has 0 saturated carbocycles. The smallest absolute Gasteiger partial charge is 0.425 e. The number of aliphatic hydroxyl groups is 1. The van der Waals surface area contributed by atoms with E-state index in [1.165, 1.54) is 22.9 Å². The number of benzene rings is 1. The highest BCUT2D eigenvalue weighted by atomic mass is 32.2. The molecule has 3 aromatic rings. The van der Waals surface area contributed by atoms with E-state index in [2.05, 4.69) is 4.98 Å². The second-order valence-electron chi connectivity index (χ2n) is 12.9. The highest BCUT2D eigenvalue weighted by Crippen LogP contribution is 2.41. The third-order valence-corrected chi connectivity index (χ3v) is 11.3. The molecular formula is C36H41F6N3O6S2. The number of carboxylic acid groups (broad SMARTS) is 1. The molecule has 2 aliphatic heterocycles. The van der Waals surface area contributed by atoms with E-state index in [-0.39, 0.29) is 24.6 Å². The topological polar surface area (TPSA) is 131 Å². The molecule has 2 amide bonds. The molecule has 0 spiro atoms. The van der Waals surface area contributed by atoms with Crippen LogP contribution in [0.4, 0.5) is 26.3 Å². The lowest BCUT2D eigenvalue weighted by atomic mass is 9.82. The van der Waals surface area contributed by atoms with Crippen LogP contribution in [-0.2, 0) is 27.5 Å². The lowest BCUT2D eigenvalue weighted by Gasteiger charge is -2.45. The number of rotatable bonds is 10. The van der Waals surface area contributed by atoms with Gasteiger partial charge in [-0.3, -0.25) is 19.4 Å². The Balaban J connectivity index is 0.000000541. The Morgan fingerprint density at radius 2 is 1.72 bits per heavy atom. The lowest BCUT2D eigenvalue weighted by Crippen LogP contribution is -2.55. The van der Waals surface area contributed by atoms with E-state index in [0.717, 1.165) is 28.0 Å². The van der Waals surface area contributed by atoms with Crippen molar-refractivity contribution in [1.82, 2.24) is 14.8 Å². The zero-order chi connectivity index (χ0) is 39.0. The molecule has 4 heterocycles. The molecule has 2 aromatic heterocycles. The van der Waals surface area contributed by atoms with E-state index in [9.17, 15) is 45.8 Å². The molecule has 0 bridgehead atoms. The number of carbonyl (C=O) groups excluding carboxylic acids is 2. The number of hydrogen-bond donors (Lipinski definition) is 3. The van der Waals surface area contributed by atoms with Gasteiger partial charge in [-0.25, -0.2) is 0 Å². The zero-order valence-corrected chi connectivity index (χ0v) is 30.5. The third-order valence-electron chi connectivity index (χ3n) is 9.21. The molecule has 2 atom stereocenters. The lowest BCUT2D eigenvalue weighted by molar-refractivity contribution is -0.144. The maximum atomic E-state index is 13.9. The van der Waals surface area contributed by atoms with Crippen LogP contribution >= 0.6 is 23.1 Å². The Morgan fingerprint density at radius 1 is 1.02 bits per heavy atom. The Hall–Kier alpha value is -3.83. The Kier molecular flexibility index (Phi) is 14.2. The third kappa shape index (κ3) is 10.9. The maximum absolute atomic E-state index is 13.9. The number of hydrogen-bond acceptors (Lipinski definition) is 8. The van der Waals surface area contributed by atoms with Crippen molar-refractivity contribution in [3.05, 3.63) is 75.7 Å². The first kappa shape index (κ1) is 41.9. The molecule has 290 valence electrons. The van der Waals surface area contributed by atoms with E-state index >= 15 is 0 Å². The molecule has 0 aliphatic carbocycles. The molecule has 9 nitrogen and oxygen atoms in total. The fraction of sp³-hybridized carbons (Fsp3) is 0.500. The summed E-state index contributed by atoms with van der Waals surface area (Å²) in [7, 11) is 0. The van der Waals surface area contributed by atoms with Crippen molar-refractivity contribution in [3.63, 3.8) is 0 Å². The summed E-state index contributed by atoms with van der Waals surface area (Å²) in [5.74, 6) is -2.10. The molecular weight excluding hydrogens is 749 g/mol. The van der Waals surface area contributed by atoms with Gasteiger partial charge < -0.3 is 25.1 Å². The van der Waals surface area contributed by atoms with E-state index in [0.29, 0.717) is 81.2 Å². The number of thioether (sulfide) groups is 1. The van der Waals surface area contributed by atoms with E-state index in [1.54, 1.807) is 4.90 Å². The molecule has 17 heteroatoms. The van der Waals surface area contributed by atoms with Gasteiger partial charge in [0.25, 0.3) is 5.91 Å². The monoisotopic (exact) mass is 789 g/mol. The molecule has 53 heavy (non-hydrogen) atoms. The number of nitrogens with zero attached hydrogens (tertiary/aromatic N) is 3. The van der Waals surface area contributed by atoms with Crippen molar-refractivity contribution in [2.24, 2.45) is 5.92 Å². The van der Waals surface area contributed by atoms with Gasteiger partial charge in [-0.15, -0.1) is 23.1 Å². The fourth-order valence-electron chi connectivity index (χ4n) is 6.65. The zero-order valence-electron chi connectivity index (χ0n) is 28.8. The largest absolute Gasteiger partial charge is 0.507 e. The summed E-state index contributed by atoms with van der Waals surface area (Å²) in [4.78, 5) is 45.2.